The van der Waals surface area contributed by atoms with Gasteiger partial charge >= 0.3 is 0 Å². The van der Waals surface area contributed by atoms with Crippen molar-refractivity contribution in [3.8, 4) is 11.5 Å². The predicted molar refractivity (Wildman–Crippen MR) is 121 cm³/mol. The molecule has 172 valence electrons. The highest BCUT2D eigenvalue weighted by molar-refractivity contribution is 6.03. The molecule has 0 atom stereocenters. The molecule has 0 aliphatic carbocycles. The molecular formula is C24H24FN3O5. The zero-order valence-electron chi connectivity index (χ0n) is 18.7. The minimum atomic E-state index is -0.674. The maximum atomic E-state index is 13.8. The number of hydrogen-bond donors (Lipinski definition) is 2. The molecule has 0 saturated heterocycles. The van der Waals surface area contributed by atoms with Gasteiger partial charge in [0.25, 0.3) is 5.91 Å². The second-order valence-electron chi connectivity index (χ2n) is 7.10. The first-order chi connectivity index (χ1) is 15.8. The molecule has 0 saturated carbocycles. The number of anilines is 1. The van der Waals surface area contributed by atoms with Crippen molar-refractivity contribution < 1.29 is 28.0 Å². The number of methoxy groups -OCH3 is 1. The lowest BCUT2D eigenvalue weighted by Gasteiger charge is -2.11. The van der Waals surface area contributed by atoms with Crippen molar-refractivity contribution in [3.05, 3.63) is 76.4 Å². The van der Waals surface area contributed by atoms with Crippen molar-refractivity contribution >= 4 is 23.6 Å². The molecule has 0 radical (unpaired) electrons. The van der Waals surface area contributed by atoms with Crippen LogP contribution in [0.2, 0.25) is 0 Å². The predicted octanol–water partition coefficient (Wildman–Crippen LogP) is 4.03. The molecule has 33 heavy (non-hydrogen) atoms. The smallest absolute Gasteiger partial charge is 0.254 e. The lowest BCUT2D eigenvalue weighted by molar-refractivity contribution is -0.111. The van der Waals surface area contributed by atoms with E-state index in [0.29, 0.717) is 28.5 Å². The van der Waals surface area contributed by atoms with Gasteiger partial charge in [-0.25, -0.2) is 4.39 Å². The van der Waals surface area contributed by atoms with Gasteiger partial charge in [-0.15, -0.1) is 0 Å². The molecule has 2 N–H and O–H groups in total. The number of nitrogens with one attached hydrogen (secondary N) is 2. The lowest BCUT2D eigenvalue weighted by atomic mass is 10.1. The Morgan fingerprint density at radius 3 is 2.61 bits per heavy atom. The SMILES string of the molecule is CNC(=O)c1cc(NC(=O)/C=C/c2ccc(OCc3c(C)noc3C)c(OC)c2)ccc1F. The van der Waals surface area contributed by atoms with Crippen LogP contribution >= 0.6 is 0 Å². The summed E-state index contributed by atoms with van der Waals surface area (Å²) in [5.41, 5.74) is 2.48. The van der Waals surface area contributed by atoms with Crippen molar-refractivity contribution in [1.29, 1.82) is 0 Å². The zero-order chi connectivity index (χ0) is 24.0. The maximum Gasteiger partial charge on any atom is 0.254 e. The standard InChI is InChI=1S/C24H24FN3O5/c1-14-19(15(2)33-28-14)13-32-21-9-5-16(11-22(21)31-4)6-10-23(29)27-17-7-8-20(25)18(12-17)24(30)26-3/h5-12H,13H2,1-4H3,(H,26,30)(H,27,29)/b10-6+. The number of amides is 2. The number of carbonyl (C=O) groups excluding carboxylic acids is 2. The number of halogens is 1. The molecule has 2 amide bonds. The Morgan fingerprint density at radius 2 is 1.94 bits per heavy atom. The van der Waals surface area contributed by atoms with Crippen LogP contribution < -0.4 is 20.1 Å². The third-order valence-electron chi connectivity index (χ3n) is 4.87. The van der Waals surface area contributed by atoms with Crippen LogP contribution in [0.4, 0.5) is 10.1 Å². The van der Waals surface area contributed by atoms with Gasteiger partial charge in [0, 0.05) is 18.8 Å². The number of aromatic nitrogens is 1. The molecule has 3 rings (SSSR count). The molecule has 9 heteroatoms. The molecule has 0 spiro atoms. The van der Waals surface area contributed by atoms with Gasteiger partial charge in [-0.3, -0.25) is 9.59 Å². The highest BCUT2D eigenvalue weighted by Gasteiger charge is 2.13. The highest BCUT2D eigenvalue weighted by Crippen LogP contribution is 2.30. The molecule has 0 aliphatic rings. The molecule has 0 aliphatic heterocycles. The van der Waals surface area contributed by atoms with Gasteiger partial charge < -0.3 is 24.6 Å². The second kappa shape index (κ2) is 10.4. The number of ether oxygens (including phenoxy) is 2. The summed E-state index contributed by atoms with van der Waals surface area (Å²) in [4.78, 5) is 24.0. The Kier molecular flexibility index (Phi) is 7.45. The average molecular weight is 453 g/mol. The average Bonchev–Trinajstić information content (AvgIpc) is 3.14. The number of nitrogens with zero attached hydrogens (tertiary/aromatic N) is 1. The van der Waals surface area contributed by atoms with Gasteiger partial charge in [0.1, 0.15) is 18.2 Å². The maximum absolute atomic E-state index is 13.8. The van der Waals surface area contributed by atoms with E-state index in [-0.39, 0.29) is 12.2 Å². The summed E-state index contributed by atoms with van der Waals surface area (Å²) in [6.07, 6.45) is 2.92. The first-order valence-electron chi connectivity index (χ1n) is 10.1. The van der Waals surface area contributed by atoms with Crippen molar-refractivity contribution in [2.24, 2.45) is 0 Å². The summed E-state index contributed by atoms with van der Waals surface area (Å²) in [5, 5.41) is 8.86. The molecule has 0 unspecified atom stereocenters. The minimum absolute atomic E-state index is 0.156. The van der Waals surface area contributed by atoms with E-state index in [1.54, 1.807) is 24.3 Å². The van der Waals surface area contributed by atoms with Gasteiger partial charge in [-0.2, -0.15) is 0 Å². The Labute approximate surface area is 190 Å². The van der Waals surface area contributed by atoms with Gasteiger partial charge in [0.05, 0.1) is 23.9 Å². The fourth-order valence-electron chi connectivity index (χ4n) is 3.03. The number of hydrogen-bond acceptors (Lipinski definition) is 6. The van der Waals surface area contributed by atoms with Crippen LogP contribution in [0.15, 0.2) is 47.0 Å². The van der Waals surface area contributed by atoms with E-state index < -0.39 is 17.6 Å². The quantitative estimate of drug-likeness (QED) is 0.499. The van der Waals surface area contributed by atoms with Crippen LogP contribution in [0, 0.1) is 19.7 Å². The summed E-state index contributed by atoms with van der Waals surface area (Å²) >= 11 is 0. The number of benzene rings is 2. The van der Waals surface area contributed by atoms with Crippen LogP contribution in [-0.4, -0.2) is 31.1 Å². The molecule has 2 aromatic carbocycles. The Hall–Kier alpha value is -4.14. The van der Waals surface area contributed by atoms with Crippen molar-refractivity contribution in [3.63, 3.8) is 0 Å². The van der Waals surface area contributed by atoms with Crippen molar-refractivity contribution in [2.45, 2.75) is 20.5 Å². The molecule has 1 aromatic heterocycles. The summed E-state index contributed by atoms with van der Waals surface area (Å²) in [6, 6.07) is 9.01. The number of carbonyl (C=O) groups is 2. The first kappa shape index (κ1) is 23.5. The first-order valence-corrected chi connectivity index (χ1v) is 10.1. The normalized spacial score (nSPS) is 10.8. The lowest BCUT2D eigenvalue weighted by Crippen LogP contribution is -2.19. The van der Waals surface area contributed by atoms with E-state index >= 15 is 0 Å². The second-order valence-corrected chi connectivity index (χ2v) is 7.10. The Balaban J connectivity index is 1.67. The van der Waals surface area contributed by atoms with E-state index in [1.165, 1.54) is 32.4 Å². The summed E-state index contributed by atoms with van der Waals surface area (Å²) in [7, 11) is 2.92. The fraction of sp³-hybridized carbons (Fsp3) is 0.208. The largest absolute Gasteiger partial charge is 0.493 e. The van der Waals surface area contributed by atoms with Crippen LogP contribution in [0.1, 0.15) is 32.9 Å². The van der Waals surface area contributed by atoms with E-state index in [2.05, 4.69) is 15.8 Å². The highest BCUT2D eigenvalue weighted by atomic mass is 19.1. The third-order valence-corrected chi connectivity index (χ3v) is 4.87. The molecule has 1 heterocycles. The molecular weight excluding hydrogens is 429 g/mol. The van der Waals surface area contributed by atoms with Crippen LogP contribution in [0.3, 0.4) is 0 Å². The fourth-order valence-corrected chi connectivity index (χ4v) is 3.03. The summed E-state index contributed by atoms with van der Waals surface area (Å²) in [6.45, 7) is 3.95. The monoisotopic (exact) mass is 453 g/mol. The summed E-state index contributed by atoms with van der Waals surface area (Å²) in [5.74, 6) is 0.0301. The molecule has 0 bridgehead atoms. The van der Waals surface area contributed by atoms with E-state index in [9.17, 15) is 14.0 Å². The van der Waals surface area contributed by atoms with Crippen LogP contribution in [0.5, 0.6) is 11.5 Å². The topological polar surface area (TPSA) is 103 Å². The Bertz CT molecular complexity index is 1180. The number of rotatable bonds is 8. The van der Waals surface area contributed by atoms with E-state index in [4.69, 9.17) is 14.0 Å². The zero-order valence-corrected chi connectivity index (χ0v) is 18.7. The Morgan fingerprint density at radius 1 is 1.15 bits per heavy atom. The molecule has 8 nitrogen and oxygen atoms in total. The molecule has 0 fully saturated rings. The third kappa shape index (κ3) is 5.76. The van der Waals surface area contributed by atoms with E-state index in [0.717, 1.165) is 17.3 Å². The minimum Gasteiger partial charge on any atom is -0.493 e. The van der Waals surface area contributed by atoms with Crippen LogP contribution in [-0.2, 0) is 11.4 Å². The van der Waals surface area contributed by atoms with Gasteiger partial charge in [0.2, 0.25) is 5.91 Å². The molecule has 3 aromatic rings. The van der Waals surface area contributed by atoms with Crippen molar-refractivity contribution in [2.75, 3.05) is 19.5 Å². The van der Waals surface area contributed by atoms with Gasteiger partial charge in [0.15, 0.2) is 11.5 Å². The van der Waals surface area contributed by atoms with Crippen LogP contribution in [0.25, 0.3) is 6.08 Å². The number of aryl methyl sites for hydroxylation is 2. The van der Waals surface area contributed by atoms with Gasteiger partial charge in [-0.05, 0) is 55.8 Å². The van der Waals surface area contributed by atoms with E-state index in [1.807, 2.05) is 13.8 Å². The van der Waals surface area contributed by atoms with Crippen molar-refractivity contribution in [1.82, 2.24) is 10.5 Å². The summed E-state index contributed by atoms with van der Waals surface area (Å²) < 4.78 is 30.2. The van der Waals surface area contributed by atoms with Gasteiger partial charge in [-0.1, -0.05) is 11.2 Å².